The Morgan fingerprint density at radius 3 is 0.747 bits per heavy atom. The van der Waals surface area contributed by atoms with Gasteiger partial charge in [0.05, 0.1) is 0 Å². The largest absolute Gasteiger partial charge is 0.462 e. The summed E-state index contributed by atoms with van der Waals surface area (Å²) in [6.07, 6.45) is 86.8. The molecule has 0 saturated carbocycles. The number of hydrogen-bond donors (Lipinski definition) is 0. The van der Waals surface area contributed by atoms with Crippen molar-refractivity contribution in [3.8, 4) is 0 Å². The van der Waals surface area contributed by atoms with E-state index in [4.69, 9.17) is 14.2 Å². The normalized spacial score (nSPS) is 12.4. The standard InChI is InChI=1S/C73H132O6/c1-4-7-10-13-16-19-22-24-26-28-30-32-34-35-36-37-39-40-42-44-46-48-51-54-57-60-63-66-72(75)78-69-70(68-77-71(74)65-62-59-56-53-50-21-18-15-12-9-6-3)79-73(76)67-64-61-58-55-52-49-47-45-43-41-38-33-31-29-27-25-23-20-17-14-11-8-5-2/h15,18,22-25,28-31,70H,4-14,16-17,19-21,26-27,32-69H2,1-3H3/b18-15-,24-22-,25-23-,30-28-,31-29-. The van der Waals surface area contributed by atoms with Gasteiger partial charge in [0, 0.05) is 19.3 Å². The third-order valence-electron chi connectivity index (χ3n) is 15.5. The highest BCUT2D eigenvalue weighted by molar-refractivity contribution is 5.71. The molecule has 0 aliphatic rings. The van der Waals surface area contributed by atoms with Crippen molar-refractivity contribution in [2.75, 3.05) is 13.2 Å². The van der Waals surface area contributed by atoms with E-state index >= 15 is 0 Å². The number of rotatable bonds is 64. The molecule has 0 spiro atoms. The van der Waals surface area contributed by atoms with Crippen LogP contribution in [0.15, 0.2) is 60.8 Å². The molecule has 0 rings (SSSR count). The SMILES string of the molecule is CCCC/C=C\CCCCCCCC(=O)OCC(COC(=O)CCCCCCCCCCCCCCCCC/C=C\C/C=C\CCCCCCC)OC(=O)CCCCCCCCCCCCC/C=C\C/C=C\CCCCCCC. The van der Waals surface area contributed by atoms with Crippen LogP contribution >= 0.6 is 0 Å². The number of unbranched alkanes of at least 4 members (excludes halogenated alkanes) is 43. The molecule has 1 atom stereocenters. The summed E-state index contributed by atoms with van der Waals surface area (Å²) in [4.78, 5) is 38.3. The molecule has 0 fully saturated rings. The van der Waals surface area contributed by atoms with Crippen LogP contribution in [0.1, 0.15) is 367 Å². The van der Waals surface area contributed by atoms with Crippen LogP contribution in [0.25, 0.3) is 0 Å². The average molecular weight is 1110 g/mol. The molecule has 0 bridgehead atoms. The van der Waals surface area contributed by atoms with Gasteiger partial charge in [-0.3, -0.25) is 14.4 Å². The van der Waals surface area contributed by atoms with Gasteiger partial charge >= 0.3 is 17.9 Å². The van der Waals surface area contributed by atoms with E-state index in [2.05, 4.69) is 81.5 Å². The monoisotopic (exact) mass is 1110 g/mol. The first-order valence-corrected chi connectivity index (χ1v) is 34.8. The van der Waals surface area contributed by atoms with Gasteiger partial charge in [-0.15, -0.1) is 0 Å². The minimum atomic E-state index is -0.779. The highest BCUT2D eigenvalue weighted by Crippen LogP contribution is 2.17. The van der Waals surface area contributed by atoms with Crippen LogP contribution in [0.3, 0.4) is 0 Å². The van der Waals surface area contributed by atoms with Crippen molar-refractivity contribution in [3.63, 3.8) is 0 Å². The second-order valence-electron chi connectivity index (χ2n) is 23.4. The average Bonchev–Trinajstić information content (AvgIpc) is 3.45. The topological polar surface area (TPSA) is 78.9 Å². The Morgan fingerprint density at radius 2 is 0.468 bits per heavy atom. The van der Waals surface area contributed by atoms with Gasteiger partial charge in [0.2, 0.25) is 0 Å². The minimum Gasteiger partial charge on any atom is -0.462 e. The summed E-state index contributed by atoms with van der Waals surface area (Å²) < 4.78 is 16.9. The second kappa shape index (κ2) is 67.6. The quantitative estimate of drug-likeness (QED) is 0.0261. The van der Waals surface area contributed by atoms with Crippen molar-refractivity contribution in [1.82, 2.24) is 0 Å². The molecule has 0 aliphatic heterocycles. The van der Waals surface area contributed by atoms with Crippen LogP contribution in [-0.2, 0) is 28.6 Å². The van der Waals surface area contributed by atoms with Crippen LogP contribution in [0, 0.1) is 0 Å². The number of hydrogen-bond acceptors (Lipinski definition) is 6. The van der Waals surface area contributed by atoms with Crippen molar-refractivity contribution >= 4 is 17.9 Å². The lowest BCUT2D eigenvalue weighted by molar-refractivity contribution is -0.167. The molecule has 0 aromatic rings. The number of allylic oxidation sites excluding steroid dienone is 10. The molecule has 1 unspecified atom stereocenters. The van der Waals surface area contributed by atoms with E-state index in [0.717, 1.165) is 77.0 Å². The second-order valence-corrected chi connectivity index (χ2v) is 23.4. The summed E-state index contributed by atoms with van der Waals surface area (Å²) >= 11 is 0. The molecule has 6 nitrogen and oxygen atoms in total. The van der Waals surface area contributed by atoms with Gasteiger partial charge < -0.3 is 14.2 Å². The molecule has 6 heteroatoms. The first kappa shape index (κ1) is 76.1. The van der Waals surface area contributed by atoms with Crippen molar-refractivity contribution in [1.29, 1.82) is 0 Å². The first-order valence-electron chi connectivity index (χ1n) is 34.8. The smallest absolute Gasteiger partial charge is 0.306 e. The summed E-state index contributed by atoms with van der Waals surface area (Å²) in [7, 11) is 0. The third-order valence-corrected chi connectivity index (χ3v) is 15.5. The fourth-order valence-electron chi connectivity index (χ4n) is 10.2. The zero-order valence-electron chi connectivity index (χ0n) is 52.9. The highest BCUT2D eigenvalue weighted by atomic mass is 16.6. The number of carbonyl (C=O) groups excluding carboxylic acids is 3. The van der Waals surface area contributed by atoms with Gasteiger partial charge in [-0.25, -0.2) is 0 Å². The molecule has 0 heterocycles. The van der Waals surface area contributed by atoms with E-state index in [0.29, 0.717) is 19.3 Å². The summed E-state index contributed by atoms with van der Waals surface area (Å²) in [5.41, 5.74) is 0. The fraction of sp³-hybridized carbons (Fsp3) is 0.822. The van der Waals surface area contributed by atoms with Crippen LogP contribution in [0.2, 0.25) is 0 Å². The Balaban J connectivity index is 4.20. The van der Waals surface area contributed by atoms with Crippen LogP contribution < -0.4 is 0 Å². The first-order chi connectivity index (χ1) is 39.0. The van der Waals surface area contributed by atoms with E-state index in [1.807, 2.05) is 0 Å². The van der Waals surface area contributed by atoms with E-state index < -0.39 is 6.10 Å². The Bertz CT molecular complexity index is 1410. The Hall–Kier alpha value is -2.89. The van der Waals surface area contributed by atoms with Crippen molar-refractivity contribution < 1.29 is 28.6 Å². The molecule has 0 aliphatic carbocycles. The van der Waals surface area contributed by atoms with Crippen LogP contribution in [-0.4, -0.2) is 37.2 Å². The van der Waals surface area contributed by atoms with Crippen molar-refractivity contribution in [3.05, 3.63) is 60.8 Å². The van der Waals surface area contributed by atoms with E-state index in [1.54, 1.807) is 0 Å². The molecule has 0 amide bonds. The van der Waals surface area contributed by atoms with Crippen LogP contribution in [0.4, 0.5) is 0 Å². The van der Waals surface area contributed by atoms with Crippen LogP contribution in [0.5, 0.6) is 0 Å². The van der Waals surface area contributed by atoms with Gasteiger partial charge in [0.15, 0.2) is 6.10 Å². The summed E-state index contributed by atoms with van der Waals surface area (Å²) in [6.45, 7) is 6.62. The molecule has 79 heavy (non-hydrogen) atoms. The van der Waals surface area contributed by atoms with Gasteiger partial charge in [-0.1, -0.05) is 306 Å². The maximum absolute atomic E-state index is 12.9. The van der Waals surface area contributed by atoms with E-state index in [1.165, 1.54) is 250 Å². The number of esters is 3. The molecular formula is C73H132O6. The van der Waals surface area contributed by atoms with Gasteiger partial charge in [-0.2, -0.15) is 0 Å². The predicted molar refractivity (Wildman–Crippen MR) is 344 cm³/mol. The molecule has 0 N–H and O–H groups in total. The van der Waals surface area contributed by atoms with Gasteiger partial charge in [0.25, 0.3) is 0 Å². The lowest BCUT2D eigenvalue weighted by Gasteiger charge is -2.18. The summed E-state index contributed by atoms with van der Waals surface area (Å²) in [5, 5.41) is 0. The number of carbonyl (C=O) groups is 3. The predicted octanol–water partition coefficient (Wildman–Crippen LogP) is 23.9. The Morgan fingerprint density at radius 1 is 0.253 bits per heavy atom. The lowest BCUT2D eigenvalue weighted by atomic mass is 10.0. The fourth-order valence-corrected chi connectivity index (χ4v) is 10.2. The summed E-state index contributed by atoms with van der Waals surface area (Å²) in [5.74, 6) is -0.867. The zero-order chi connectivity index (χ0) is 57.1. The van der Waals surface area contributed by atoms with Crippen molar-refractivity contribution in [2.45, 2.75) is 374 Å². The zero-order valence-corrected chi connectivity index (χ0v) is 52.9. The maximum atomic E-state index is 12.9. The Kier molecular flexibility index (Phi) is 65.1. The molecule has 0 saturated heterocycles. The molecular weight excluding hydrogens is 973 g/mol. The Labute approximate surface area is 491 Å². The van der Waals surface area contributed by atoms with Gasteiger partial charge in [0.1, 0.15) is 13.2 Å². The maximum Gasteiger partial charge on any atom is 0.306 e. The van der Waals surface area contributed by atoms with Gasteiger partial charge in [-0.05, 0) is 103 Å². The number of ether oxygens (including phenoxy) is 3. The molecule has 0 radical (unpaired) electrons. The lowest BCUT2D eigenvalue weighted by Crippen LogP contribution is -2.30. The molecule has 460 valence electrons. The molecule has 0 aromatic heterocycles. The van der Waals surface area contributed by atoms with Crippen molar-refractivity contribution in [2.24, 2.45) is 0 Å². The minimum absolute atomic E-state index is 0.0748. The molecule has 0 aromatic carbocycles. The van der Waals surface area contributed by atoms with E-state index in [-0.39, 0.29) is 31.1 Å². The highest BCUT2D eigenvalue weighted by Gasteiger charge is 2.19. The third kappa shape index (κ3) is 65.8. The summed E-state index contributed by atoms with van der Waals surface area (Å²) in [6, 6.07) is 0. The van der Waals surface area contributed by atoms with E-state index in [9.17, 15) is 14.4 Å².